The number of hydrogen-bond acceptors (Lipinski definition) is 2. The topological polar surface area (TPSA) is 24.9 Å². The first kappa shape index (κ1) is 13.5. The fraction of sp³-hybridized carbons (Fsp3) is 0.214. The van der Waals surface area contributed by atoms with Crippen molar-refractivity contribution in [3.05, 3.63) is 65.2 Å². The third-order valence-corrected chi connectivity index (χ3v) is 2.74. The van der Waals surface area contributed by atoms with Gasteiger partial charge in [0.1, 0.15) is 17.5 Å². The van der Waals surface area contributed by atoms with Gasteiger partial charge in [-0.15, -0.1) is 0 Å². The average Bonchev–Trinajstić information content (AvgIpc) is 2.38. The Morgan fingerprint density at radius 2 is 1.79 bits per heavy atom. The van der Waals surface area contributed by atoms with E-state index in [0.717, 1.165) is 6.20 Å². The van der Waals surface area contributed by atoms with Crippen LogP contribution in [0, 0.1) is 17.5 Å². The fourth-order valence-electron chi connectivity index (χ4n) is 1.90. The molecular weight excluding hydrogens is 253 g/mol. The van der Waals surface area contributed by atoms with E-state index >= 15 is 0 Å². The molecule has 0 fully saturated rings. The Morgan fingerprint density at radius 3 is 2.32 bits per heavy atom. The van der Waals surface area contributed by atoms with Crippen LogP contribution in [0.15, 0.2) is 36.5 Å². The molecule has 1 atom stereocenters. The number of rotatable bonds is 4. The van der Waals surface area contributed by atoms with Crippen molar-refractivity contribution in [1.29, 1.82) is 0 Å². The first-order valence-electron chi connectivity index (χ1n) is 5.92. The van der Waals surface area contributed by atoms with Gasteiger partial charge in [0.2, 0.25) is 0 Å². The highest BCUT2D eigenvalue weighted by Crippen LogP contribution is 2.25. The van der Waals surface area contributed by atoms with Crippen LogP contribution in [0.5, 0.6) is 0 Å². The molecule has 2 aromatic rings. The lowest BCUT2D eigenvalue weighted by Crippen LogP contribution is -2.25. The molecule has 0 bridgehead atoms. The summed E-state index contributed by atoms with van der Waals surface area (Å²) in [5.74, 6) is -1.80. The maximum Gasteiger partial charge on any atom is 0.141 e. The number of benzene rings is 1. The van der Waals surface area contributed by atoms with Crippen molar-refractivity contribution in [3.8, 4) is 0 Å². The molecule has 0 aliphatic carbocycles. The van der Waals surface area contributed by atoms with Crippen LogP contribution in [0.4, 0.5) is 13.2 Å². The number of aromatic nitrogens is 1. The minimum absolute atomic E-state index is 0.108. The van der Waals surface area contributed by atoms with E-state index in [1.54, 1.807) is 0 Å². The monoisotopic (exact) mass is 266 g/mol. The zero-order valence-corrected chi connectivity index (χ0v) is 10.3. The maximum atomic E-state index is 13.8. The van der Waals surface area contributed by atoms with E-state index < -0.39 is 23.5 Å². The summed E-state index contributed by atoms with van der Waals surface area (Å²) < 4.78 is 40.5. The summed E-state index contributed by atoms with van der Waals surface area (Å²) in [7, 11) is 0. The molecule has 0 aliphatic rings. The molecule has 0 radical (unpaired) electrons. The van der Waals surface area contributed by atoms with Crippen LogP contribution in [0.2, 0.25) is 0 Å². The molecule has 1 aromatic heterocycles. The minimum atomic E-state index is -0.744. The van der Waals surface area contributed by atoms with Crippen molar-refractivity contribution < 1.29 is 13.2 Å². The molecule has 0 amide bonds. The van der Waals surface area contributed by atoms with Crippen molar-refractivity contribution in [1.82, 2.24) is 10.3 Å². The minimum Gasteiger partial charge on any atom is -0.305 e. The standard InChI is InChI=1S/C14H13F3N2/c1-2-18-14(12-7-6-9(15)8-19-12)13-10(16)4-3-5-11(13)17/h3-8,14,18H,2H2,1H3. The van der Waals surface area contributed by atoms with Gasteiger partial charge in [0, 0.05) is 5.56 Å². The fourth-order valence-corrected chi connectivity index (χ4v) is 1.90. The van der Waals surface area contributed by atoms with E-state index in [1.165, 1.54) is 30.3 Å². The lowest BCUT2D eigenvalue weighted by atomic mass is 10.0. The largest absolute Gasteiger partial charge is 0.305 e. The van der Waals surface area contributed by atoms with Gasteiger partial charge in [-0.1, -0.05) is 13.0 Å². The third-order valence-electron chi connectivity index (χ3n) is 2.74. The van der Waals surface area contributed by atoms with E-state index in [4.69, 9.17) is 0 Å². The second-order valence-corrected chi connectivity index (χ2v) is 4.03. The van der Waals surface area contributed by atoms with E-state index in [2.05, 4.69) is 10.3 Å². The quantitative estimate of drug-likeness (QED) is 0.919. The average molecular weight is 266 g/mol. The van der Waals surface area contributed by atoms with Crippen LogP contribution in [-0.4, -0.2) is 11.5 Å². The molecule has 1 N–H and O–H groups in total. The molecule has 0 saturated heterocycles. The third kappa shape index (κ3) is 2.93. The second kappa shape index (κ2) is 5.84. The normalized spacial score (nSPS) is 12.4. The first-order valence-corrected chi connectivity index (χ1v) is 5.92. The van der Waals surface area contributed by atoms with Crippen molar-refractivity contribution >= 4 is 0 Å². The summed E-state index contributed by atoms with van der Waals surface area (Å²) in [4.78, 5) is 3.88. The van der Waals surface area contributed by atoms with Gasteiger partial charge >= 0.3 is 0 Å². The molecule has 1 unspecified atom stereocenters. The van der Waals surface area contributed by atoms with Crippen molar-refractivity contribution in [3.63, 3.8) is 0 Å². The number of pyridine rings is 1. The lowest BCUT2D eigenvalue weighted by Gasteiger charge is -2.19. The van der Waals surface area contributed by atoms with Gasteiger partial charge in [-0.05, 0) is 30.8 Å². The predicted octanol–water partition coefficient (Wildman–Crippen LogP) is 3.20. The number of nitrogens with one attached hydrogen (secondary N) is 1. The Kier molecular flexibility index (Phi) is 4.16. The van der Waals surface area contributed by atoms with Crippen LogP contribution in [0.25, 0.3) is 0 Å². The number of halogens is 3. The Hall–Kier alpha value is -1.88. The zero-order chi connectivity index (χ0) is 13.8. The Labute approximate surface area is 109 Å². The Bertz CT molecular complexity index is 535. The highest BCUT2D eigenvalue weighted by atomic mass is 19.1. The molecule has 1 aromatic carbocycles. The molecule has 2 nitrogen and oxygen atoms in total. The highest BCUT2D eigenvalue weighted by Gasteiger charge is 2.22. The summed E-state index contributed by atoms with van der Waals surface area (Å²) in [6.45, 7) is 2.31. The number of hydrogen-bond donors (Lipinski definition) is 1. The molecule has 19 heavy (non-hydrogen) atoms. The van der Waals surface area contributed by atoms with Gasteiger partial charge in [0.15, 0.2) is 0 Å². The molecule has 0 spiro atoms. The van der Waals surface area contributed by atoms with Crippen LogP contribution in [0.1, 0.15) is 24.2 Å². The van der Waals surface area contributed by atoms with Crippen LogP contribution < -0.4 is 5.32 Å². The van der Waals surface area contributed by atoms with Crippen molar-refractivity contribution in [2.24, 2.45) is 0 Å². The second-order valence-electron chi connectivity index (χ2n) is 4.03. The Balaban J connectivity index is 2.48. The molecule has 0 aliphatic heterocycles. The zero-order valence-electron chi connectivity index (χ0n) is 10.3. The maximum absolute atomic E-state index is 13.8. The van der Waals surface area contributed by atoms with Gasteiger partial charge in [-0.3, -0.25) is 4.98 Å². The van der Waals surface area contributed by atoms with Gasteiger partial charge in [-0.2, -0.15) is 0 Å². The first-order chi connectivity index (χ1) is 9.13. The highest BCUT2D eigenvalue weighted by molar-refractivity contribution is 5.30. The SMILES string of the molecule is CCNC(c1ccc(F)cn1)c1c(F)cccc1F. The van der Waals surface area contributed by atoms with Gasteiger partial charge in [0.25, 0.3) is 0 Å². The molecule has 100 valence electrons. The van der Waals surface area contributed by atoms with E-state index in [9.17, 15) is 13.2 Å². The van der Waals surface area contributed by atoms with Gasteiger partial charge in [0.05, 0.1) is 17.9 Å². The molecule has 5 heteroatoms. The molecular formula is C14H13F3N2. The smallest absolute Gasteiger partial charge is 0.141 e. The summed E-state index contributed by atoms with van der Waals surface area (Å²) in [6.07, 6.45) is 1.03. The van der Waals surface area contributed by atoms with E-state index in [1.807, 2.05) is 6.92 Å². The van der Waals surface area contributed by atoms with Gasteiger partial charge in [-0.25, -0.2) is 13.2 Å². The van der Waals surface area contributed by atoms with Crippen LogP contribution in [-0.2, 0) is 0 Å². The summed E-state index contributed by atoms with van der Waals surface area (Å²) in [6, 6.07) is 5.56. The van der Waals surface area contributed by atoms with E-state index in [-0.39, 0.29) is 5.56 Å². The molecule has 2 rings (SSSR count). The Morgan fingerprint density at radius 1 is 1.11 bits per heavy atom. The van der Waals surface area contributed by atoms with Crippen molar-refractivity contribution in [2.75, 3.05) is 6.54 Å². The summed E-state index contributed by atoms with van der Waals surface area (Å²) in [5.41, 5.74) is 0.260. The molecule has 1 heterocycles. The lowest BCUT2D eigenvalue weighted by molar-refractivity contribution is 0.504. The van der Waals surface area contributed by atoms with Crippen LogP contribution in [0.3, 0.4) is 0 Å². The van der Waals surface area contributed by atoms with E-state index in [0.29, 0.717) is 12.2 Å². The number of nitrogens with zero attached hydrogens (tertiary/aromatic N) is 1. The van der Waals surface area contributed by atoms with Gasteiger partial charge < -0.3 is 5.32 Å². The van der Waals surface area contributed by atoms with Crippen LogP contribution >= 0.6 is 0 Å². The summed E-state index contributed by atoms with van der Waals surface area (Å²) in [5, 5.41) is 2.95. The summed E-state index contributed by atoms with van der Waals surface area (Å²) >= 11 is 0. The molecule has 0 saturated carbocycles. The predicted molar refractivity (Wildman–Crippen MR) is 66.1 cm³/mol. The van der Waals surface area contributed by atoms with Crippen molar-refractivity contribution in [2.45, 2.75) is 13.0 Å².